The van der Waals surface area contributed by atoms with Crippen molar-refractivity contribution in [1.29, 1.82) is 0 Å². The molecule has 110 valence electrons. The molecule has 1 aromatic heterocycles. The van der Waals surface area contributed by atoms with E-state index in [1.165, 1.54) is 18.9 Å². The van der Waals surface area contributed by atoms with Crippen LogP contribution in [0.3, 0.4) is 0 Å². The molecule has 1 heterocycles. The van der Waals surface area contributed by atoms with Crippen molar-refractivity contribution in [2.45, 2.75) is 38.2 Å². The minimum absolute atomic E-state index is 0.0131. The van der Waals surface area contributed by atoms with E-state index in [1.54, 1.807) is 0 Å². The van der Waals surface area contributed by atoms with Crippen molar-refractivity contribution in [3.63, 3.8) is 0 Å². The highest BCUT2D eigenvalue weighted by atomic mass is 16.5. The van der Waals surface area contributed by atoms with Gasteiger partial charge in [-0.05, 0) is 19.3 Å². The number of carbonyl (C=O) groups excluding carboxylic acids is 1. The van der Waals surface area contributed by atoms with Crippen molar-refractivity contribution < 1.29 is 23.8 Å². The van der Waals surface area contributed by atoms with Crippen LogP contribution in [0.1, 0.15) is 53.0 Å². The first-order chi connectivity index (χ1) is 9.66. The molecule has 2 N–H and O–H groups in total. The maximum atomic E-state index is 11.7. The van der Waals surface area contributed by atoms with Gasteiger partial charge < -0.3 is 19.6 Å². The van der Waals surface area contributed by atoms with E-state index in [4.69, 9.17) is 14.3 Å². The molecule has 1 fully saturated rings. The lowest BCUT2D eigenvalue weighted by atomic mass is 10.3. The van der Waals surface area contributed by atoms with Crippen LogP contribution < -0.4 is 5.32 Å². The predicted molar refractivity (Wildman–Crippen MR) is 70.8 cm³/mol. The van der Waals surface area contributed by atoms with Crippen molar-refractivity contribution >= 4 is 11.9 Å². The third-order valence-corrected chi connectivity index (χ3v) is 3.33. The van der Waals surface area contributed by atoms with Crippen LogP contribution >= 0.6 is 0 Å². The van der Waals surface area contributed by atoms with E-state index >= 15 is 0 Å². The molecule has 20 heavy (non-hydrogen) atoms. The number of carboxylic acid groups (broad SMARTS) is 1. The van der Waals surface area contributed by atoms with Gasteiger partial charge in [0, 0.05) is 19.2 Å². The summed E-state index contributed by atoms with van der Waals surface area (Å²) < 4.78 is 10.6. The Morgan fingerprint density at radius 3 is 2.80 bits per heavy atom. The van der Waals surface area contributed by atoms with Crippen molar-refractivity contribution in [3.05, 3.63) is 23.7 Å². The highest BCUT2D eigenvalue weighted by Gasteiger charge is 2.16. The first kappa shape index (κ1) is 14.6. The minimum Gasteiger partial charge on any atom is -0.478 e. The van der Waals surface area contributed by atoms with Crippen LogP contribution in [0.4, 0.5) is 0 Å². The van der Waals surface area contributed by atoms with Crippen LogP contribution in [-0.4, -0.2) is 36.2 Å². The van der Waals surface area contributed by atoms with Crippen molar-refractivity contribution in [2.24, 2.45) is 0 Å². The van der Waals surface area contributed by atoms with E-state index in [2.05, 4.69) is 5.32 Å². The summed E-state index contributed by atoms with van der Waals surface area (Å²) in [5.41, 5.74) is -0.0280. The number of carboxylic acids is 1. The van der Waals surface area contributed by atoms with E-state index < -0.39 is 11.9 Å². The Kier molecular flexibility index (Phi) is 5.17. The van der Waals surface area contributed by atoms with Crippen molar-refractivity contribution in [1.82, 2.24) is 5.32 Å². The average Bonchev–Trinajstić information content (AvgIpc) is 3.09. The molecule has 6 nitrogen and oxygen atoms in total. The Bertz CT molecular complexity index is 462. The number of rotatable bonds is 7. The molecule has 6 heteroatoms. The lowest BCUT2D eigenvalue weighted by Crippen LogP contribution is -2.25. The molecule has 0 atom stereocenters. The molecule has 2 rings (SSSR count). The van der Waals surface area contributed by atoms with E-state index in [1.807, 2.05) is 0 Å². The molecule has 1 saturated carbocycles. The number of amides is 1. The van der Waals surface area contributed by atoms with Gasteiger partial charge in [-0.25, -0.2) is 4.79 Å². The zero-order valence-corrected chi connectivity index (χ0v) is 11.3. The number of carbonyl (C=O) groups is 2. The second-order valence-electron chi connectivity index (χ2n) is 4.89. The zero-order valence-electron chi connectivity index (χ0n) is 11.3. The number of aromatic carboxylic acids is 1. The lowest BCUT2D eigenvalue weighted by molar-refractivity contribution is 0.0564. The van der Waals surface area contributed by atoms with E-state index in [0.717, 1.165) is 25.5 Å². The smallest absolute Gasteiger partial charge is 0.338 e. The number of furan rings is 1. The van der Waals surface area contributed by atoms with Crippen LogP contribution in [0, 0.1) is 0 Å². The first-order valence-corrected chi connectivity index (χ1v) is 6.88. The number of nitrogens with one attached hydrogen (secondary N) is 1. The summed E-state index contributed by atoms with van der Waals surface area (Å²) in [4.78, 5) is 22.3. The maximum Gasteiger partial charge on any atom is 0.338 e. The molecule has 0 saturated heterocycles. The molecule has 0 bridgehead atoms. The Morgan fingerprint density at radius 2 is 2.15 bits per heavy atom. The molecule has 0 aromatic carbocycles. The van der Waals surface area contributed by atoms with Gasteiger partial charge in [-0.2, -0.15) is 0 Å². The predicted octanol–water partition coefficient (Wildman–Crippen LogP) is 2.06. The van der Waals surface area contributed by atoms with Gasteiger partial charge in [-0.1, -0.05) is 12.8 Å². The Labute approximate surface area is 117 Å². The van der Waals surface area contributed by atoms with Crippen LogP contribution in [0.25, 0.3) is 0 Å². The number of hydrogen-bond donors (Lipinski definition) is 2. The fraction of sp³-hybridized carbons (Fsp3) is 0.571. The summed E-state index contributed by atoms with van der Waals surface area (Å²) in [6.45, 7) is 1.11. The highest BCUT2D eigenvalue weighted by Crippen LogP contribution is 2.20. The highest BCUT2D eigenvalue weighted by molar-refractivity contribution is 5.95. The largest absolute Gasteiger partial charge is 0.478 e. The van der Waals surface area contributed by atoms with E-state index in [9.17, 15) is 9.59 Å². The molecule has 1 aliphatic carbocycles. The number of hydrogen-bond acceptors (Lipinski definition) is 4. The van der Waals surface area contributed by atoms with E-state index in [0.29, 0.717) is 19.3 Å². The fourth-order valence-electron chi connectivity index (χ4n) is 2.23. The van der Waals surface area contributed by atoms with Gasteiger partial charge in [0.1, 0.15) is 6.26 Å². The van der Waals surface area contributed by atoms with Crippen LogP contribution in [0.5, 0.6) is 0 Å². The molecule has 0 spiro atoms. The molecule has 0 aliphatic heterocycles. The van der Waals surface area contributed by atoms with Crippen molar-refractivity contribution in [3.8, 4) is 0 Å². The van der Waals surface area contributed by atoms with Gasteiger partial charge in [0.05, 0.1) is 11.7 Å². The van der Waals surface area contributed by atoms with Gasteiger partial charge in [0.2, 0.25) is 0 Å². The second-order valence-corrected chi connectivity index (χ2v) is 4.89. The van der Waals surface area contributed by atoms with Gasteiger partial charge in [-0.3, -0.25) is 4.79 Å². The summed E-state index contributed by atoms with van der Waals surface area (Å²) >= 11 is 0. The summed E-state index contributed by atoms with van der Waals surface area (Å²) in [5.74, 6) is -1.50. The van der Waals surface area contributed by atoms with Crippen LogP contribution in [0.15, 0.2) is 16.7 Å². The van der Waals surface area contributed by atoms with Gasteiger partial charge in [0.25, 0.3) is 5.91 Å². The third-order valence-electron chi connectivity index (χ3n) is 3.33. The second kappa shape index (κ2) is 7.09. The summed E-state index contributed by atoms with van der Waals surface area (Å²) in [6, 6.07) is 1.21. The van der Waals surface area contributed by atoms with Crippen molar-refractivity contribution in [2.75, 3.05) is 13.2 Å². The third kappa shape index (κ3) is 4.09. The Hall–Kier alpha value is -1.82. The normalized spacial score (nSPS) is 15.4. The fourth-order valence-corrected chi connectivity index (χ4v) is 2.23. The summed E-state index contributed by atoms with van der Waals surface area (Å²) in [5, 5.41) is 11.4. The molecule has 0 unspecified atom stereocenters. The molecule has 1 aliphatic rings. The molecule has 0 radical (unpaired) electrons. The van der Waals surface area contributed by atoms with Gasteiger partial charge in [-0.15, -0.1) is 0 Å². The topological polar surface area (TPSA) is 88.8 Å². The standard InChI is InChI=1S/C14H19NO5/c16-13(12-8-10(9-20-12)14(17)18)15-6-3-7-19-11-4-1-2-5-11/h8-9,11H,1-7H2,(H,15,16)(H,17,18). The Balaban J connectivity index is 1.62. The van der Waals surface area contributed by atoms with E-state index in [-0.39, 0.29) is 11.3 Å². The zero-order chi connectivity index (χ0) is 14.4. The maximum absolute atomic E-state index is 11.7. The van der Waals surface area contributed by atoms with Crippen LogP contribution in [-0.2, 0) is 4.74 Å². The molecular weight excluding hydrogens is 262 g/mol. The lowest BCUT2D eigenvalue weighted by Gasteiger charge is -2.10. The van der Waals surface area contributed by atoms with Gasteiger partial charge >= 0.3 is 5.97 Å². The number of ether oxygens (including phenoxy) is 1. The average molecular weight is 281 g/mol. The first-order valence-electron chi connectivity index (χ1n) is 6.88. The summed E-state index contributed by atoms with van der Waals surface area (Å²) in [6.07, 6.45) is 6.93. The summed E-state index contributed by atoms with van der Waals surface area (Å²) in [7, 11) is 0. The molecule has 1 aromatic rings. The molecular formula is C14H19NO5. The monoisotopic (exact) mass is 281 g/mol. The van der Waals surface area contributed by atoms with Gasteiger partial charge in [0.15, 0.2) is 5.76 Å². The van der Waals surface area contributed by atoms with Crippen LogP contribution in [0.2, 0.25) is 0 Å². The minimum atomic E-state index is -1.11. The quantitative estimate of drug-likeness (QED) is 0.747. The SMILES string of the molecule is O=C(O)c1coc(C(=O)NCCCOC2CCCC2)c1. The molecule has 1 amide bonds. The Morgan fingerprint density at radius 1 is 1.40 bits per heavy atom.